The molecule has 9 heteroatoms. The Balaban J connectivity index is 2.15. The van der Waals surface area contributed by atoms with E-state index in [-0.39, 0.29) is 44.0 Å². The van der Waals surface area contributed by atoms with Crippen LogP contribution in [-0.2, 0) is 23.9 Å². The summed E-state index contributed by atoms with van der Waals surface area (Å²) in [7, 11) is 1.58. The minimum atomic E-state index is -0.951. The molecule has 2 amide bonds. The number of hydrogen-bond donors (Lipinski definition) is 0. The number of anilines is 1. The molecule has 2 aromatic rings. The van der Waals surface area contributed by atoms with Gasteiger partial charge >= 0.3 is 11.9 Å². The molecule has 200 valence electrons. The fourth-order valence-electron chi connectivity index (χ4n) is 4.28. The molecule has 3 rings (SSSR count). The number of amides is 2. The first-order valence-electron chi connectivity index (χ1n) is 12.4. The number of ether oxygens (including phenoxy) is 3. The van der Waals surface area contributed by atoms with E-state index in [4.69, 9.17) is 25.8 Å². The molecule has 0 N–H and O–H groups in total. The Hall–Kier alpha value is -3.10. The van der Waals surface area contributed by atoms with Crippen LogP contribution in [0.2, 0.25) is 5.02 Å². The third-order valence-corrected chi connectivity index (χ3v) is 6.13. The third kappa shape index (κ3) is 7.23. The van der Waals surface area contributed by atoms with Gasteiger partial charge in [0.05, 0.1) is 20.3 Å². The molecular formula is C28H35ClN2O6. The van der Waals surface area contributed by atoms with Crippen molar-refractivity contribution in [2.75, 3.05) is 44.9 Å². The van der Waals surface area contributed by atoms with Gasteiger partial charge in [-0.05, 0) is 36.6 Å². The molecule has 37 heavy (non-hydrogen) atoms. The Morgan fingerprint density at radius 3 is 2.51 bits per heavy atom. The summed E-state index contributed by atoms with van der Waals surface area (Å²) in [5.41, 5.74) is 1.90. The zero-order chi connectivity index (χ0) is 27.2. The molecule has 8 nitrogen and oxygen atoms in total. The molecule has 0 aliphatic carbocycles. The van der Waals surface area contributed by atoms with Gasteiger partial charge < -0.3 is 24.0 Å². The van der Waals surface area contributed by atoms with Crippen molar-refractivity contribution in [2.45, 2.75) is 40.2 Å². The Kier molecular flexibility index (Phi) is 9.56. The van der Waals surface area contributed by atoms with Gasteiger partial charge in [0.25, 0.3) is 0 Å². The van der Waals surface area contributed by atoms with E-state index < -0.39 is 18.0 Å². The monoisotopic (exact) mass is 530 g/mol. The van der Waals surface area contributed by atoms with E-state index in [9.17, 15) is 14.4 Å². The molecule has 2 aromatic carbocycles. The Morgan fingerprint density at radius 1 is 1.11 bits per heavy atom. The Morgan fingerprint density at radius 2 is 1.84 bits per heavy atom. The van der Waals surface area contributed by atoms with Gasteiger partial charge in [-0.15, -0.1) is 0 Å². The summed E-state index contributed by atoms with van der Waals surface area (Å²) >= 11 is 6.45. The second-order valence-corrected chi connectivity index (χ2v) is 10.4. The predicted octanol–water partition coefficient (Wildman–Crippen LogP) is 4.63. The van der Waals surface area contributed by atoms with E-state index in [1.165, 1.54) is 4.90 Å². The lowest BCUT2D eigenvalue weighted by atomic mass is 9.93. The fourth-order valence-corrected chi connectivity index (χ4v) is 4.46. The second-order valence-electron chi connectivity index (χ2n) is 10.00. The second kappa shape index (κ2) is 12.4. The summed E-state index contributed by atoms with van der Waals surface area (Å²) in [6.45, 7) is 8.55. The van der Waals surface area contributed by atoms with Gasteiger partial charge in [0.15, 0.2) is 0 Å². The minimum absolute atomic E-state index is 0.0304. The molecule has 1 atom stereocenters. The van der Waals surface area contributed by atoms with E-state index in [0.29, 0.717) is 28.6 Å². The normalized spacial score (nSPS) is 17.0. The smallest absolute Gasteiger partial charge is 0.397 e. The maximum absolute atomic E-state index is 13.7. The molecular weight excluding hydrogens is 496 g/mol. The summed E-state index contributed by atoms with van der Waals surface area (Å²) in [5.74, 6) is -1.32. The molecule has 0 saturated carbocycles. The van der Waals surface area contributed by atoms with Crippen LogP contribution in [0.1, 0.15) is 51.3 Å². The molecule has 1 aliphatic rings. The van der Waals surface area contributed by atoms with E-state index in [1.807, 2.05) is 51.1 Å². The van der Waals surface area contributed by atoms with Crippen LogP contribution in [-0.4, -0.2) is 62.6 Å². The Bertz CT molecular complexity index is 1130. The number of nitrogens with zero attached hydrogens (tertiary/aromatic N) is 2. The van der Waals surface area contributed by atoms with Crippen molar-refractivity contribution in [3.63, 3.8) is 0 Å². The van der Waals surface area contributed by atoms with Gasteiger partial charge in [0.1, 0.15) is 11.9 Å². The van der Waals surface area contributed by atoms with Crippen LogP contribution in [0.4, 0.5) is 5.69 Å². The van der Waals surface area contributed by atoms with Gasteiger partial charge in [-0.2, -0.15) is 0 Å². The zero-order valence-electron chi connectivity index (χ0n) is 22.1. The highest BCUT2D eigenvalue weighted by Crippen LogP contribution is 2.40. The first kappa shape index (κ1) is 28.5. The van der Waals surface area contributed by atoms with Crippen molar-refractivity contribution < 1.29 is 28.6 Å². The van der Waals surface area contributed by atoms with E-state index >= 15 is 0 Å². The van der Waals surface area contributed by atoms with Crippen LogP contribution in [0.15, 0.2) is 42.5 Å². The lowest BCUT2D eigenvalue weighted by molar-refractivity contribution is -0.160. The summed E-state index contributed by atoms with van der Waals surface area (Å²) in [5, 5.41) is 0.499. The highest BCUT2D eigenvalue weighted by Gasteiger charge is 2.32. The average molecular weight is 531 g/mol. The highest BCUT2D eigenvalue weighted by molar-refractivity contribution is 6.32. The zero-order valence-corrected chi connectivity index (χ0v) is 22.8. The summed E-state index contributed by atoms with van der Waals surface area (Å²) in [6.07, 6.45) is -0.624. The number of rotatable bonds is 4. The molecule has 0 fully saturated rings. The standard InChI is InChI=1S/C28H35ClN2O6/c1-6-36-27(34)26(33)30-14-13-24(32)31(18-28(2,3)4)22-12-11-19(29)17-21(22)25(37-16-15-30)20-9-7-8-10-23(20)35-5/h7-12,17,25H,6,13-16,18H2,1-5H3. The largest absolute Gasteiger partial charge is 0.496 e. The maximum atomic E-state index is 13.7. The van der Waals surface area contributed by atoms with Crippen LogP contribution in [0.5, 0.6) is 5.75 Å². The van der Waals surface area contributed by atoms with Crippen molar-refractivity contribution >= 4 is 35.1 Å². The van der Waals surface area contributed by atoms with Gasteiger partial charge in [0, 0.05) is 47.9 Å². The van der Waals surface area contributed by atoms with Crippen molar-refractivity contribution in [3.05, 3.63) is 58.6 Å². The number of carbonyl (C=O) groups is 3. The Labute approximate surface area is 223 Å². The van der Waals surface area contributed by atoms with Gasteiger partial charge in [-0.25, -0.2) is 4.79 Å². The van der Waals surface area contributed by atoms with Crippen LogP contribution < -0.4 is 9.64 Å². The van der Waals surface area contributed by atoms with Crippen molar-refractivity contribution in [1.29, 1.82) is 0 Å². The van der Waals surface area contributed by atoms with Crippen LogP contribution in [0.25, 0.3) is 0 Å². The minimum Gasteiger partial charge on any atom is -0.496 e. The van der Waals surface area contributed by atoms with E-state index in [0.717, 1.165) is 5.56 Å². The number of para-hydroxylation sites is 1. The number of carbonyl (C=O) groups excluding carboxylic acids is 3. The molecule has 1 heterocycles. The molecule has 1 aliphatic heterocycles. The molecule has 0 aromatic heterocycles. The van der Waals surface area contributed by atoms with Crippen LogP contribution in [0, 0.1) is 5.41 Å². The number of halogens is 1. The van der Waals surface area contributed by atoms with Gasteiger partial charge in [-0.1, -0.05) is 50.6 Å². The summed E-state index contributed by atoms with van der Waals surface area (Å²) in [4.78, 5) is 41.7. The number of fused-ring (bicyclic) bond motifs is 1. The number of methoxy groups -OCH3 is 1. The predicted molar refractivity (Wildman–Crippen MR) is 142 cm³/mol. The lowest BCUT2D eigenvalue weighted by Gasteiger charge is -2.33. The molecule has 0 bridgehead atoms. The van der Waals surface area contributed by atoms with Gasteiger partial charge in [0.2, 0.25) is 5.91 Å². The highest BCUT2D eigenvalue weighted by atomic mass is 35.5. The first-order valence-corrected chi connectivity index (χ1v) is 12.7. The molecule has 0 radical (unpaired) electrons. The van der Waals surface area contributed by atoms with Gasteiger partial charge in [-0.3, -0.25) is 9.59 Å². The number of benzene rings is 2. The van der Waals surface area contributed by atoms with Crippen molar-refractivity contribution in [3.8, 4) is 5.75 Å². The van der Waals surface area contributed by atoms with Crippen LogP contribution in [0.3, 0.4) is 0 Å². The molecule has 0 spiro atoms. The lowest BCUT2D eigenvalue weighted by Crippen LogP contribution is -2.43. The van der Waals surface area contributed by atoms with Crippen molar-refractivity contribution in [2.24, 2.45) is 5.41 Å². The van der Waals surface area contributed by atoms with Crippen LogP contribution >= 0.6 is 11.6 Å². The average Bonchev–Trinajstić information content (AvgIpc) is 2.88. The number of esters is 1. The fraction of sp³-hybridized carbons (Fsp3) is 0.464. The summed E-state index contributed by atoms with van der Waals surface area (Å²) < 4.78 is 16.9. The topological polar surface area (TPSA) is 85.4 Å². The third-order valence-electron chi connectivity index (χ3n) is 5.90. The van der Waals surface area contributed by atoms with E-state index in [1.54, 1.807) is 31.1 Å². The molecule has 1 unspecified atom stereocenters. The first-order chi connectivity index (χ1) is 17.6. The maximum Gasteiger partial charge on any atom is 0.397 e. The summed E-state index contributed by atoms with van der Waals surface area (Å²) in [6, 6.07) is 12.8. The SMILES string of the molecule is CCOC(=O)C(=O)N1CCOC(c2ccccc2OC)c2cc(Cl)ccc2N(CC(C)(C)C)C(=O)CC1. The molecule has 0 saturated heterocycles. The quantitative estimate of drug-likeness (QED) is 0.423. The number of hydrogen-bond acceptors (Lipinski definition) is 6. The van der Waals surface area contributed by atoms with E-state index in [2.05, 4.69) is 0 Å². The van der Waals surface area contributed by atoms with Crippen molar-refractivity contribution in [1.82, 2.24) is 4.90 Å².